The van der Waals surface area contributed by atoms with Crippen LogP contribution in [-0.4, -0.2) is 24.8 Å². The number of halogens is 2. The van der Waals surface area contributed by atoms with Crippen molar-refractivity contribution in [1.29, 1.82) is 0 Å². The molecule has 1 N–H and O–H groups in total. The molecular weight excluding hydrogens is 398 g/mol. The van der Waals surface area contributed by atoms with Crippen molar-refractivity contribution in [3.05, 3.63) is 70.9 Å². The van der Waals surface area contributed by atoms with E-state index in [2.05, 4.69) is 5.32 Å². The van der Waals surface area contributed by atoms with Crippen molar-refractivity contribution in [1.82, 2.24) is 5.32 Å². The molecular formula is C21H20F2N2O3S. The Morgan fingerprint density at radius 3 is 2.62 bits per heavy atom. The van der Waals surface area contributed by atoms with E-state index in [0.29, 0.717) is 17.1 Å². The molecule has 1 aliphatic rings. The molecule has 0 bridgehead atoms. The highest BCUT2D eigenvalue weighted by atomic mass is 32.1. The number of carbonyl (C=O) groups excluding carboxylic acids is 1. The molecule has 0 fully saturated rings. The Kier molecular flexibility index (Phi) is 6.12. The van der Waals surface area contributed by atoms with E-state index >= 15 is 0 Å². The fourth-order valence-electron chi connectivity index (χ4n) is 3.29. The van der Waals surface area contributed by atoms with E-state index in [9.17, 15) is 13.6 Å². The minimum Gasteiger partial charge on any atom is -0.495 e. The molecule has 0 radical (unpaired) electrons. The minimum atomic E-state index is -0.923. The van der Waals surface area contributed by atoms with E-state index in [4.69, 9.17) is 21.7 Å². The molecule has 0 aliphatic carbocycles. The van der Waals surface area contributed by atoms with Crippen molar-refractivity contribution in [3.63, 3.8) is 0 Å². The lowest BCUT2D eigenvalue weighted by Gasteiger charge is -2.38. The summed E-state index contributed by atoms with van der Waals surface area (Å²) >= 11 is 5.52. The number of para-hydroxylation sites is 2. The number of methoxy groups -OCH3 is 1. The van der Waals surface area contributed by atoms with Gasteiger partial charge < -0.3 is 14.8 Å². The number of hydrogen-bond acceptors (Lipinski definition) is 4. The number of nitrogens with one attached hydrogen (secondary N) is 1. The highest BCUT2D eigenvalue weighted by Crippen LogP contribution is 2.38. The third-order valence-corrected chi connectivity index (χ3v) is 4.88. The third-order valence-electron chi connectivity index (χ3n) is 4.58. The zero-order valence-corrected chi connectivity index (χ0v) is 17.0. The molecule has 8 heteroatoms. The van der Waals surface area contributed by atoms with Gasteiger partial charge in [-0.1, -0.05) is 18.2 Å². The van der Waals surface area contributed by atoms with Crippen LogP contribution in [0.1, 0.15) is 25.5 Å². The van der Waals surface area contributed by atoms with Gasteiger partial charge in [0.1, 0.15) is 17.4 Å². The van der Waals surface area contributed by atoms with Crippen LogP contribution in [0.15, 0.2) is 53.7 Å². The van der Waals surface area contributed by atoms with Crippen LogP contribution in [0.2, 0.25) is 0 Å². The van der Waals surface area contributed by atoms with E-state index < -0.39 is 23.6 Å². The minimum absolute atomic E-state index is 0.0934. The predicted molar refractivity (Wildman–Crippen MR) is 110 cm³/mol. The van der Waals surface area contributed by atoms with Crippen molar-refractivity contribution in [2.45, 2.75) is 19.9 Å². The first kappa shape index (κ1) is 20.7. The summed E-state index contributed by atoms with van der Waals surface area (Å²) in [5.74, 6) is -1.57. The summed E-state index contributed by atoms with van der Waals surface area (Å²) in [6.07, 6.45) is 0. The Hall–Kier alpha value is -3.00. The summed E-state index contributed by atoms with van der Waals surface area (Å²) in [4.78, 5) is 14.4. The van der Waals surface area contributed by atoms with E-state index in [1.165, 1.54) is 13.2 Å². The third kappa shape index (κ3) is 3.93. The van der Waals surface area contributed by atoms with Crippen molar-refractivity contribution < 1.29 is 23.0 Å². The van der Waals surface area contributed by atoms with Crippen LogP contribution < -0.4 is 15.0 Å². The second-order valence-electron chi connectivity index (χ2n) is 6.28. The number of allylic oxidation sites excluding steroid dienone is 1. The highest BCUT2D eigenvalue weighted by molar-refractivity contribution is 7.80. The van der Waals surface area contributed by atoms with Gasteiger partial charge in [-0.05, 0) is 44.3 Å². The van der Waals surface area contributed by atoms with Gasteiger partial charge in [-0.3, -0.25) is 4.90 Å². The van der Waals surface area contributed by atoms with Gasteiger partial charge in [0, 0.05) is 17.3 Å². The van der Waals surface area contributed by atoms with Crippen LogP contribution in [0.3, 0.4) is 0 Å². The second kappa shape index (κ2) is 8.57. The molecule has 5 nitrogen and oxygen atoms in total. The molecule has 29 heavy (non-hydrogen) atoms. The SMILES string of the molecule is CCOC(=O)C1=C(C)N(c2ccccc2OC)C(=S)N[C@H]1c1ccc(F)cc1F. The van der Waals surface area contributed by atoms with Gasteiger partial charge in [-0.25, -0.2) is 13.6 Å². The topological polar surface area (TPSA) is 50.8 Å². The molecule has 0 saturated heterocycles. The zero-order chi connectivity index (χ0) is 21.1. The standard InChI is InChI=1S/C21H20F2N2O3S/c1-4-28-20(26)18-12(2)25(16-7-5-6-8-17(16)27-3)21(29)24-19(18)14-10-9-13(22)11-15(14)23/h5-11,19H,4H2,1-3H3,(H,24,29)/t19-/m0/s1. The number of thiocarbonyl (C=S) groups is 1. The normalized spacial score (nSPS) is 16.5. The number of hydrogen-bond donors (Lipinski definition) is 1. The van der Waals surface area contributed by atoms with Crippen molar-refractivity contribution in [2.75, 3.05) is 18.6 Å². The van der Waals surface area contributed by atoms with Gasteiger partial charge in [-0.15, -0.1) is 0 Å². The zero-order valence-electron chi connectivity index (χ0n) is 16.2. The molecule has 1 heterocycles. The number of ether oxygens (including phenoxy) is 2. The van der Waals surface area contributed by atoms with Gasteiger partial charge >= 0.3 is 5.97 Å². The Balaban J connectivity index is 2.19. The number of rotatable bonds is 5. The predicted octanol–water partition coefficient (Wildman–Crippen LogP) is 4.25. The quantitative estimate of drug-likeness (QED) is 0.579. The summed E-state index contributed by atoms with van der Waals surface area (Å²) in [5, 5.41) is 3.24. The Morgan fingerprint density at radius 1 is 1.24 bits per heavy atom. The molecule has 0 unspecified atom stereocenters. The number of esters is 1. The van der Waals surface area contributed by atoms with Crippen LogP contribution in [0.4, 0.5) is 14.5 Å². The summed E-state index contributed by atoms with van der Waals surface area (Å²) in [5.41, 5.74) is 1.35. The summed E-state index contributed by atoms with van der Waals surface area (Å²) in [6, 6.07) is 9.44. The van der Waals surface area contributed by atoms with Crippen LogP contribution >= 0.6 is 12.2 Å². The van der Waals surface area contributed by atoms with Crippen molar-refractivity contribution >= 4 is 29.0 Å². The fourth-order valence-corrected chi connectivity index (χ4v) is 3.64. The Morgan fingerprint density at radius 2 is 1.97 bits per heavy atom. The maximum absolute atomic E-state index is 14.5. The highest BCUT2D eigenvalue weighted by Gasteiger charge is 2.37. The molecule has 2 aromatic rings. The molecule has 0 spiro atoms. The molecule has 0 saturated carbocycles. The van der Waals surface area contributed by atoms with Crippen LogP contribution in [0, 0.1) is 11.6 Å². The first-order chi connectivity index (χ1) is 13.9. The lowest BCUT2D eigenvalue weighted by atomic mass is 9.94. The van der Waals surface area contributed by atoms with Crippen LogP contribution in [0.25, 0.3) is 0 Å². The van der Waals surface area contributed by atoms with E-state index in [-0.39, 0.29) is 22.9 Å². The maximum atomic E-state index is 14.5. The van der Waals surface area contributed by atoms with E-state index in [1.807, 2.05) is 12.1 Å². The van der Waals surface area contributed by atoms with E-state index in [0.717, 1.165) is 12.1 Å². The monoisotopic (exact) mass is 418 g/mol. The fraction of sp³-hybridized carbons (Fsp3) is 0.238. The number of benzene rings is 2. The Bertz CT molecular complexity index is 994. The number of anilines is 1. The van der Waals surface area contributed by atoms with Gasteiger partial charge in [0.05, 0.1) is 31.0 Å². The molecule has 152 valence electrons. The average Bonchev–Trinajstić information content (AvgIpc) is 2.68. The van der Waals surface area contributed by atoms with Crippen LogP contribution in [-0.2, 0) is 9.53 Å². The Labute approximate surface area is 172 Å². The number of nitrogens with zero attached hydrogens (tertiary/aromatic N) is 1. The first-order valence-electron chi connectivity index (χ1n) is 8.95. The lowest BCUT2D eigenvalue weighted by Crippen LogP contribution is -2.48. The molecule has 1 atom stereocenters. The van der Waals surface area contributed by atoms with Gasteiger partial charge in [0.25, 0.3) is 0 Å². The summed E-state index contributed by atoms with van der Waals surface area (Å²) in [6.45, 7) is 3.52. The smallest absolute Gasteiger partial charge is 0.338 e. The molecule has 1 aliphatic heterocycles. The van der Waals surface area contributed by atoms with E-state index in [1.54, 1.807) is 30.9 Å². The molecule has 0 aromatic heterocycles. The number of carbonyl (C=O) groups is 1. The maximum Gasteiger partial charge on any atom is 0.338 e. The molecule has 3 rings (SSSR count). The molecule has 0 amide bonds. The summed E-state index contributed by atoms with van der Waals surface area (Å²) < 4.78 is 38.5. The van der Waals surface area contributed by atoms with Gasteiger partial charge in [-0.2, -0.15) is 0 Å². The van der Waals surface area contributed by atoms with Gasteiger partial charge in [0.15, 0.2) is 5.11 Å². The van der Waals surface area contributed by atoms with Crippen molar-refractivity contribution in [2.24, 2.45) is 0 Å². The molecule has 2 aromatic carbocycles. The van der Waals surface area contributed by atoms with Crippen LogP contribution in [0.5, 0.6) is 5.75 Å². The van der Waals surface area contributed by atoms with Gasteiger partial charge in [0.2, 0.25) is 0 Å². The van der Waals surface area contributed by atoms with Crippen molar-refractivity contribution in [3.8, 4) is 5.75 Å². The second-order valence-corrected chi connectivity index (χ2v) is 6.66. The summed E-state index contributed by atoms with van der Waals surface area (Å²) in [7, 11) is 1.53. The first-order valence-corrected chi connectivity index (χ1v) is 9.36. The largest absolute Gasteiger partial charge is 0.495 e. The average molecular weight is 418 g/mol. The lowest BCUT2D eigenvalue weighted by molar-refractivity contribution is -0.139.